The number of hydrogen-bond donors (Lipinski definition) is 1. The number of amides is 1. The average Bonchev–Trinajstić information content (AvgIpc) is 3.92. The van der Waals surface area contributed by atoms with E-state index in [4.69, 9.17) is 9.84 Å². The number of H-pyrrole nitrogens is 1. The first-order valence-electron chi connectivity index (χ1n) is 18.1. The summed E-state index contributed by atoms with van der Waals surface area (Å²) in [7, 11) is 1.88. The second kappa shape index (κ2) is 12.2. The van der Waals surface area contributed by atoms with Crippen molar-refractivity contribution in [2.24, 2.45) is 7.05 Å². The van der Waals surface area contributed by atoms with Gasteiger partial charge in [-0.3, -0.25) is 18.6 Å². The number of benzene rings is 3. The number of hydrogen-bond acceptors (Lipinski definition) is 5. The molecule has 6 heterocycles. The van der Waals surface area contributed by atoms with E-state index < -0.39 is 0 Å². The van der Waals surface area contributed by atoms with E-state index in [1.807, 2.05) is 36.2 Å². The van der Waals surface area contributed by atoms with Crippen molar-refractivity contribution in [1.29, 1.82) is 0 Å². The normalized spacial score (nSPS) is 17.2. The Bertz CT molecular complexity index is 2630. The molecule has 1 atom stereocenters. The summed E-state index contributed by atoms with van der Waals surface area (Å²) in [6.07, 6.45) is 7.65. The first-order valence-corrected chi connectivity index (χ1v) is 18.1. The van der Waals surface area contributed by atoms with Crippen molar-refractivity contribution < 1.29 is 13.9 Å². The Morgan fingerprint density at radius 2 is 1.77 bits per heavy atom. The number of nitrogens with zero attached hydrogens (tertiary/aromatic N) is 7. The quantitative estimate of drug-likeness (QED) is 0.211. The van der Waals surface area contributed by atoms with Crippen LogP contribution in [0, 0.1) is 19.7 Å². The van der Waals surface area contributed by atoms with Crippen LogP contribution in [0.5, 0.6) is 0 Å². The van der Waals surface area contributed by atoms with E-state index in [0.717, 1.165) is 52.5 Å². The Morgan fingerprint density at radius 1 is 0.981 bits per heavy atom. The maximum atomic E-state index is 14.8. The molecule has 1 unspecified atom stereocenters. The van der Waals surface area contributed by atoms with Crippen molar-refractivity contribution in [3.05, 3.63) is 123 Å². The number of fused-ring (bicyclic) bond motifs is 3. The second-order valence-electron chi connectivity index (χ2n) is 15.2. The molecule has 0 bridgehead atoms. The molecule has 1 amide bonds. The molecule has 7 aromatic rings. The molecule has 12 heteroatoms. The molecule has 0 spiro atoms. The lowest BCUT2D eigenvalue weighted by molar-refractivity contribution is -0.0592. The number of carbonyl (C=O) groups excluding carboxylic acids is 1. The first kappa shape index (κ1) is 33.1. The van der Waals surface area contributed by atoms with E-state index in [-0.39, 0.29) is 29.6 Å². The smallest absolute Gasteiger partial charge is 0.338 e. The zero-order valence-electron chi connectivity index (χ0n) is 30.5. The molecule has 0 radical (unpaired) electrons. The van der Waals surface area contributed by atoms with Gasteiger partial charge in [0.15, 0.2) is 0 Å². The lowest BCUT2D eigenvalue weighted by Gasteiger charge is -2.35. The minimum absolute atomic E-state index is 0.123. The number of carbonyl (C=O) groups is 1. The SMILES string of the molecule is Cc1cc(-n2nc3c(c2-n2ccn(-c4ccc5c(cnn5C)c4)c2=O)CN(C(=O)c2cc4cc(C5CCOC(C)(C)C5)ccc4[nH]2)CC3)cc(C)c1F. The summed E-state index contributed by atoms with van der Waals surface area (Å²) in [4.78, 5) is 33.7. The van der Waals surface area contributed by atoms with Crippen molar-refractivity contribution in [3.8, 4) is 17.2 Å². The van der Waals surface area contributed by atoms with Gasteiger partial charge in [-0.05, 0) is 112 Å². The van der Waals surface area contributed by atoms with Gasteiger partial charge in [0.1, 0.15) is 17.3 Å². The number of nitrogens with one attached hydrogen (secondary N) is 1. The van der Waals surface area contributed by atoms with Gasteiger partial charge in [0.2, 0.25) is 0 Å². The lowest BCUT2D eigenvalue weighted by Crippen LogP contribution is -2.36. The minimum Gasteiger partial charge on any atom is -0.376 e. The Hall–Kier alpha value is -5.75. The van der Waals surface area contributed by atoms with Crippen LogP contribution >= 0.6 is 0 Å². The number of aryl methyl sites for hydroxylation is 3. The van der Waals surface area contributed by atoms with Crippen molar-refractivity contribution in [2.75, 3.05) is 13.2 Å². The molecule has 53 heavy (non-hydrogen) atoms. The molecular formula is C41H41FN8O3. The number of rotatable bonds is 5. The van der Waals surface area contributed by atoms with Crippen LogP contribution in [0.3, 0.4) is 0 Å². The predicted molar refractivity (Wildman–Crippen MR) is 201 cm³/mol. The maximum absolute atomic E-state index is 14.8. The van der Waals surface area contributed by atoms with Gasteiger partial charge in [-0.15, -0.1) is 0 Å². The molecule has 2 aliphatic heterocycles. The molecule has 0 saturated carbocycles. The molecule has 11 nitrogen and oxygen atoms in total. The third-order valence-electron chi connectivity index (χ3n) is 11.0. The highest BCUT2D eigenvalue weighted by molar-refractivity contribution is 5.98. The van der Waals surface area contributed by atoms with Crippen LogP contribution < -0.4 is 5.69 Å². The van der Waals surface area contributed by atoms with E-state index in [0.29, 0.717) is 52.9 Å². The van der Waals surface area contributed by atoms with E-state index in [1.54, 1.807) is 63.1 Å². The van der Waals surface area contributed by atoms with Gasteiger partial charge in [0.25, 0.3) is 5.91 Å². The van der Waals surface area contributed by atoms with E-state index in [2.05, 4.69) is 42.1 Å². The Morgan fingerprint density at radius 3 is 2.57 bits per heavy atom. The van der Waals surface area contributed by atoms with Crippen LogP contribution in [0.15, 0.2) is 78.0 Å². The Kier molecular flexibility index (Phi) is 7.60. The summed E-state index contributed by atoms with van der Waals surface area (Å²) in [5.74, 6) is 0.523. The van der Waals surface area contributed by atoms with Crippen LogP contribution in [0.25, 0.3) is 39.0 Å². The number of imidazole rings is 1. The highest BCUT2D eigenvalue weighted by Crippen LogP contribution is 2.37. The standard InChI is InChI=1S/C41H41FN8O3/c1-24-16-31(17-25(2)37(24)42)50-38(49-14-13-48(40(49)52)30-7-9-36-29(19-30)22-43-46(36)5)32-23-47(12-10-34(32)45-50)39(51)35-20-28-18-26(6-8-33(28)44-35)27-11-15-53-41(3,4)21-27/h6-9,13-14,16-20,22,27,44H,10-12,15,21,23H2,1-5H3. The molecule has 2 aliphatic rings. The summed E-state index contributed by atoms with van der Waals surface area (Å²) in [6, 6.07) is 17.6. The molecule has 270 valence electrons. The number of aromatic amines is 1. The monoisotopic (exact) mass is 712 g/mol. The number of aromatic nitrogens is 7. The van der Waals surface area contributed by atoms with E-state index in [1.165, 1.54) is 5.56 Å². The van der Waals surface area contributed by atoms with Gasteiger partial charge >= 0.3 is 5.69 Å². The molecule has 3 aromatic carbocycles. The number of halogens is 1. The predicted octanol–water partition coefficient (Wildman–Crippen LogP) is 6.81. The van der Waals surface area contributed by atoms with Gasteiger partial charge in [0, 0.05) is 60.9 Å². The molecule has 1 N–H and O–H groups in total. The fraction of sp³-hybridized carbons (Fsp3) is 0.317. The van der Waals surface area contributed by atoms with Crippen LogP contribution in [0.1, 0.15) is 71.0 Å². The Balaban J connectivity index is 1.09. The molecule has 1 fully saturated rings. The highest BCUT2D eigenvalue weighted by atomic mass is 19.1. The molecule has 9 rings (SSSR count). The summed E-state index contributed by atoms with van der Waals surface area (Å²) >= 11 is 0. The Labute approximate surface area is 305 Å². The second-order valence-corrected chi connectivity index (χ2v) is 15.2. The largest absolute Gasteiger partial charge is 0.376 e. The topological polar surface area (TPSA) is 108 Å². The third-order valence-corrected chi connectivity index (χ3v) is 11.0. The van der Waals surface area contributed by atoms with Gasteiger partial charge in [-0.25, -0.2) is 13.9 Å². The fourth-order valence-electron chi connectivity index (χ4n) is 8.25. The third kappa shape index (κ3) is 5.59. The number of ether oxygens (including phenoxy) is 1. The molecule has 4 aromatic heterocycles. The summed E-state index contributed by atoms with van der Waals surface area (Å²) in [5, 5.41) is 11.3. The fourth-order valence-corrected chi connectivity index (χ4v) is 8.25. The first-order chi connectivity index (χ1) is 25.4. The summed E-state index contributed by atoms with van der Waals surface area (Å²) in [5.41, 5.74) is 7.05. The van der Waals surface area contributed by atoms with Gasteiger partial charge in [0.05, 0.1) is 40.9 Å². The van der Waals surface area contributed by atoms with Gasteiger partial charge in [-0.1, -0.05) is 6.07 Å². The van der Waals surface area contributed by atoms with Crippen molar-refractivity contribution >= 4 is 27.7 Å². The van der Waals surface area contributed by atoms with E-state index >= 15 is 0 Å². The summed E-state index contributed by atoms with van der Waals surface area (Å²) < 4.78 is 27.4. The van der Waals surface area contributed by atoms with Crippen LogP contribution in [0.4, 0.5) is 4.39 Å². The molecule has 1 saturated heterocycles. The maximum Gasteiger partial charge on any atom is 0.338 e. The van der Waals surface area contributed by atoms with Crippen LogP contribution in [-0.4, -0.2) is 63.2 Å². The van der Waals surface area contributed by atoms with Crippen LogP contribution in [0.2, 0.25) is 0 Å². The molecular weight excluding hydrogens is 672 g/mol. The average molecular weight is 713 g/mol. The van der Waals surface area contributed by atoms with Crippen molar-refractivity contribution in [1.82, 2.24) is 38.6 Å². The zero-order chi connectivity index (χ0) is 36.8. The summed E-state index contributed by atoms with van der Waals surface area (Å²) in [6.45, 7) is 9.17. The van der Waals surface area contributed by atoms with Gasteiger partial charge in [-0.2, -0.15) is 10.2 Å². The van der Waals surface area contributed by atoms with Gasteiger partial charge < -0.3 is 14.6 Å². The zero-order valence-corrected chi connectivity index (χ0v) is 30.5. The highest BCUT2D eigenvalue weighted by Gasteiger charge is 2.32. The van der Waals surface area contributed by atoms with Crippen molar-refractivity contribution in [3.63, 3.8) is 0 Å². The molecule has 0 aliphatic carbocycles. The van der Waals surface area contributed by atoms with Crippen molar-refractivity contribution in [2.45, 2.75) is 65.0 Å². The minimum atomic E-state index is -0.296. The van der Waals surface area contributed by atoms with Crippen LogP contribution in [-0.2, 0) is 24.8 Å². The van der Waals surface area contributed by atoms with E-state index in [9.17, 15) is 14.0 Å². The lowest BCUT2D eigenvalue weighted by atomic mass is 9.83.